The molecule has 0 aromatic heterocycles. The van der Waals surface area contributed by atoms with Gasteiger partial charge in [0, 0.05) is 12.5 Å². The van der Waals surface area contributed by atoms with Gasteiger partial charge in [0.05, 0.1) is 13.7 Å². The molecular weight excluding hydrogens is 264 g/mol. The Morgan fingerprint density at radius 3 is 2.48 bits per heavy atom. The van der Waals surface area contributed by atoms with Crippen molar-refractivity contribution in [3.8, 4) is 11.5 Å². The highest BCUT2D eigenvalue weighted by Crippen LogP contribution is 2.20. The van der Waals surface area contributed by atoms with Crippen molar-refractivity contribution in [2.45, 2.75) is 19.4 Å². The molecule has 112 valence electrons. The fraction of sp³-hybridized carbons (Fsp3) is 0.294. The van der Waals surface area contributed by atoms with E-state index in [-0.39, 0.29) is 6.04 Å². The average Bonchev–Trinajstić information content (AvgIpc) is 2.52. The number of aryl methyl sites for hydroxylation is 1. The van der Waals surface area contributed by atoms with E-state index in [2.05, 4.69) is 18.4 Å². The highest BCUT2D eigenvalue weighted by molar-refractivity contribution is 5.29. The summed E-state index contributed by atoms with van der Waals surface area (Å²) in [7, 11) is 1.66. The largest absolute Gasteiger partial charge is 0.497 e. The smallest absolute Gasteiger partial charge is 0.119 e. The molecular formula is C17H22N2O2. The van der Waals surface area contributed by atoms with Gasteiger partial charge in [0.2, 0.25) is 0 Å². The maximum Gasteiger partial charge on any atom is 0.119 e. The summed E-state index contributed by atoms with van der Waals surface area (Å²) < 4.78 is 10.9. The summed E-state index contributed by atoms with van der Waals surface area (Å²) in [6.07, 6.45) is 0.788. The molecule has 3 N–H and O–H groups in total. The summed E-state index contributed by atoms with van der Waals surface area (Å²) in [5, 5.41) is 0. The predicted molar refractivity (Wildman–Crippen MR) is 84.3 cm³/mol. The molecule has 0 heterocycles. The van der Waals surface area contributed by atoms with Gasteiger partial charge in [0.15, 0.2) is 0 Å². The van der Waals surface area contributed by atoms with Gasteiger partial charge in [-0.25, -0.2) is 0 Å². The second-order valence-electron chi connectivity index (χ2n) is 4.95. The minimum Gasteiger partial charge on any atom is -0.497 e. The summed E-state index contributed by atoms with van der Waals surface area (Å²) in [6.45, 7) is 2.65. The average molecular weight is 286 g/mol. The molecule has 0 fully saturated rings. The lowest BCUT2D eigenvalue weighted by molar-refractivity contribution is 0.287. The standard InChI is InChI=1S/C17H22N2O2/c1-13-4-3-5-16(12-13)21-11-10-17(19-18)14-6-8-15(20-2)9-7-14/h3-9,12,17,19H,10-11,18H2,1-2H3. The minimum atomic E-state index is 0.0562. The van der Waals surface area contributed by atoms with Crippen LogP contribution in [0.25, 0.3) is 0 Å². The van der Waals surface area contributed by atoms with Gasteiger partial charge in [-0.1, -0.05) is 24.3 Å². The molecule has 0 bridgehead atoms. The van der Waals surface area contributed by atoms with Crippen molar-refractivity contribution in [3.05, 3.63) is 59.7 Å². The van der Waals surface area contributed by atoms with Crippen molar-refractivity contribution < 1.29 is 9.47 Å². The van der Waals surface area contributed by atoms with Crippen LogP contribution >= 0.6 is 0 Å². The third-order valence-corrected chi connectivity index (χ3v) is 3.38. The van der Waals surface area contributed by atoms with E-state index >= 15 is 0 Å². The number of nitrogens with two attached hydrogens (primary N) is 1. The molecule has 1 atom stereocenters. The summed E-state index contributed by atoms with van der Waals surface area (Å²) in [4.78, 5) is 0. The van der Waals surface area contributed by atoms with Crippen molar-refractivity contribution in [1.82, 2.24) is 5.43 Å². The first-order valence-electron chi connectivity index (χ1n) is 7.02. The Morgan fingerprint density at radius 2 is 1.86 bits per heavy atom. The SMILES string of the molecule is COc1ccc(C(CCOc2cccc(C)c2)NN)cc1. The number of rotatable bonds is 7. The molecule has 4 heteroatoms. The van der Waals surface area contributed by atoms with E-state index < -0.39 is 0 Å². The molecule has 2 aromatic carbocycles. The molecule has 4 nitrogen and oxygen atoms in total. The number of benzene rings is 2. The van der Waals surface area contributed by atoms with Gasteiger partial charge in [-0.3, -0.25) is 11.3 Å². The van der Waals surface area contributed by atoms with E-state index in [1.54, 1.807) is 7.11 Å². The van der Waals surface area contributed by atoms with Gasteiger partial charge < -0.3 is 9.47 Å². The minimum absolute atomic E-state index is 0.0562. The van der Waals surface area contributed by atoms with E-state index in [1.165, 1.54) is 5.56 Å². The molecule has 2 rings (SSSR count). The van der Waals surface area contributed by atoms with Crippen LogP contribution in [0.4, 0.5) is 0 Å². The Morgan fingerprint density at radius 1 is 1.10 bits per heavy atom. The van der Waals surface area contributed by atoms with Crippen LogP contribution in [0.15, 0.2) is 48.5 Å². The lowest BCUT2D eigenvalue weighted by Crippen LogP contribution is -2.29. The first kappa shape index (κ1) is 15.4. The molecule has 0 saturated heterocycles. The number of hydrogen-bond acceptors (Lipinski definition) is 4. The van der Waals surface area contributed by atoms with Crippen molar-refractivity contribution in [1.29, 1.82) is 0 Å². The Balaban J connectivity index is 1.90. The van der Waals surface area contributed by atoms with Crippen molar-refractivity contribution in [2.24, 2.45) is 5.84 Å². The van der Waals surface area contributed by atoms with E-state index in [0.717, 1.165) is 23.5 Å². The Kier molecular flexibility index (Phi) is 5.60. The molecule has 0 radical (unpaired) electrons. The van der Waals surface area contributed by atoms with E-state index in [4.69, 9.17) is 15.3 Å². The molecule has 0 spiro atoms. The van der Waals surface area contributed by atoms with Crippen LogP contribution in [-0.4, -0.2) is 13.7 Å². The summed E-state index contributed by atoms with van der Waals surface area (Å²) >= 11 is 0. The number of hydrazine groups is 1. The van der Waals surface area contributed by atoms with Crippen LogP contribution in [0.3, 0.4) is 0 Å². The topological polar surface area (TPSA) is 56.5 Å². The van der Waals surface area contributed by atoms with Crippen LogP contribution < -0.4 is 20.7 Å². The Bertz CT molecular complexity index is 555. The number of hydrogen-bond donors (Lipinski definition) is 2. The number of ether oxygens (including phenoxy) is 2. The quantitative estimate of drug-likeness (QED) is 0.607. The van der Waals surface area contributed by atoms with Crippen LogP contribution in [0.2, 0.25) is 0 Å². The molecule has 0 aliphatic rings. The number of nitrogens with one attached hydrogen (secondary N) is 1. The maximum absolute atomic E-state index is 5.77. The number of methoxy groups -OCH3 is 1. The zero-order valence-electron chi connectivity index (χ0n) is 12.5. The molecule has 0 aliphatic carbocycles. The van der Waals surface area contributed by atoms with Crippen LogP contribution in [0.5, 0.6) is 11.5 Å². The van der Waals surface area contributed by atoms with E-state index in [9.17, 15) is 0 Å². The van der Waals surface area contributed by atoms with Crippen molar-refractivity contribution in [3.63, 3.8) is 0 Å². The fourth-order valence-electron chi connectivity index (χ4n) is 2.18. The third kappa shape index (κ3) is 4.48. The Labute approximate surface area is 125 Å². The summed E-state index contributed by atoms with van der Waals surface area (Å²) in [5.41, 5.74) is 5.14. The van der Waals surface area contributed by atoms with Gasteiger partial charge in [0.1, 0.15) is 11.5 Å². The van der Waals surface area contributed by atoms with Gasteiger partial charge in [-0.15, -0.1) is 0 Å². The normalized spacial score (nSPS) is 12.0. The fourth-order valence-corrected chi connectivity index (χ4v) is 2.18. The first-order valence-corrected chi connectivity index (χ1v) is 7.02. The van der Waals surface area contributed by atoms with Gasteiger partial charge in [0.25, 0.3) is 0 Å². The molecule has 0 saturated carbocycles. The Hall–Kier alpha value is -2.04. The van der Waals surface area contributed by atoms with E-state index in [1.807, 2.05) is 42.5 Å². The highest BCUT2D eigenvalue weighted by Gasteiger charge is 2.10. The molecule has 0 amide bonds. The summed E-state index contributed by atoms with van der Waals surface area (Å²) in [6, 6.07) is 16.0. The highest BCUT2D eigenvalue weighted by atomic mass is 16.5. The van der Waals surface area contributed by atoms with Crippen LogP contribution in [0, 0.1) is 6.92 Å². The van der Waals surface area contributed by atoms with Crippen LogP contribution in [0.1, 0.15) is 23.6 Å². The first-order chi connectivity index (χ1) is 10.2. The lowest BCUT2D eigenvalue weighted by atomic mass is 10.0. The molecule has 21 heavy (non-hydrogen) atoms. The second-order valence-corrected chi connectivity index (χ2v) is 4.95. The second kappa shape index (κ2) is 7.67. The summed E-state index contributed by atoms with van der Waals surface area (Å²) in [5.74, 6) is 7.37. The van der Waals surface area contributed by atoms with Gasteiger partial charge in [-0.05, 0) is 42.3 Å². The van der Waals surface area contributed by atoms with Gasteiger partial charge in [-0.2, -0.15) is 0 Å². The maximum atomic E-state index is 5.77. The molecule has 1 unspecified atom stereocenters. The van der Waals surface area contributed by atoms with Crippen molar-refractivity contribution >= 4 is 0 Å². The van der Waals surface area contributed by atoms with Gasteiger partial charge >= 0.3 is 0 Å². The molecule has 2 aromatic rings. The van der Waals surface area contributed by atoms with Crippen LogP contribution in [-0.2, 0) is 0 Å². The lowest BCUT2D eigenvalue weighted by Gasteiger charge is -2.17. The third-order valence-electron chi connectivity index (χ3n) is 3.38. The van der Waals surface area contributed by atoms with E-state index in [0.29, 0.717) is 6.61 Å². The zero-order valence-corrected chi connectivity index (χ0v) is 12.5. The zero-order chi connectivity index (χ0) is 15.1. The monoisotopic (exact) mass is 286 g/mol. The van der Waals surface area contributed by atoms with Crippen molar-refractivity contribution in [2.75, 3.05) is 13.7 Å². The molecule has 0 aliphatic heterocycles. The predicted octanol–water partition coefficient (Wildman–Crippen LogP) is 2.98.